The van der Waals surface area contributed by atoms with Gasteiger partial charge in [-0.05, 0) is 46.1 Å². The molecule has 0 radical (unpaired) electrons. The average molecular weight is 440 g/mol. The molecule has 0 aromatic heterocycles. The Morgan fingerprint density at radius 1 is 1.43 bits per heavy atom. The van der Waals surface area contributed by atoms with Gasteiger partial charge in [0.1, 0.15) is 22.2 Å². The van der Waals surface area contributed by atoms with Crippen LogP contribution in [0.3, 0.4) is 0 Å². The molecule has 30 heavy (non-hydrogen) atoms. The number of benzene rings is 1. The predicted molar refractivity (Wildman–Crippen MR) is 111 cm³/mol. The smallest absolute Gasteiger partial charge is 0.437 e. The van der Waals surface area contributed by atoms with E-state index in [9.17, 15) is 17.6 Å². The van der Waals surface area contributed by atoms with Crippen LogP contribution >= 0.6 is 0 Å². The van der Waals surface area contributed by atoms with E-state index in [2.05, 4.69) is 22.3 Å². The highest BCUT2D eigenvalue weighted by Crippen LogP contribution is 2.50. The number of sulfonamides is 1. The molecule has 3 rings (SSSR count). The Bertz CT molecular complexity index is 991. The lowest BCUT2D eigenvalue weighted by Gasteiger charge is -2.42. The minimum Gasteiger partial charge on any atom is -0.442 e. The van der Waals surface area contributed by atoms with Crippen LogP contribution in [0.5, 0.6) is 0 Å². The van der Waals surface area contributed by atoms with E-state index in [1.54, 1.807) is 26.8 Å². The van der Waals surface area contributed by atoms with Crippen molar-refractivity contribution in [2.24, 2.45) is 10.1 Å². The fourth-order valence-electron chi connectivity index (χ4n) is 3.95. The van der Waals surface area contributed by atoms with Crippen LogP contribution < -0.4 is 5.53 Å². The zero-order chi connectivity index (χ0) is 22.3. The highest BCUT2D eigenvalue weighted by molar-refractivity contribution is 7.90. The molecule has 11 heteroatoms. The summed E-state index contributed by atoms with van der Waals surface area (Å²) in [4.78, 5) is 17.4. The standard InChI is InChI=1S/C19H26FN5O4S/c1-18(2,3)29-17(26)25(23-21-4)16-22-19(13-9-6-7-10-14(13)20)12-8-11-15(19)30(27,28)24(16)5/h6-7,9-10,15,23H,4,8,11-12H2,1-3,5H3. The molecule has 1 amide bonds. The van der Waals surface area contributed by atoms with Crippen molar-refractivity contribution < 1.29 is 22.3 Å². The summed E-state index contributed by atoms with van der Waals surface area (Å²) in [5, 5.41) is 3.31. The molecule has 1 aliphatic carbocycles. The maximum atomic E-state index is 14.8. The fraction of sp³-hybridized carbons (Fsp3) is 0.526. The second-order valence-corrected chi connectivity index (χ2v) is 10.4. The quantitative estimate of drug-likeness (QED) is 0.576. The summed E-state index contributed by atoms with van der Waals surface area (Å²) in [5.41, 5.74) is 0.303. The molecule has 1 saturated carbocycles. The third-order valence-electron chi connectivity index (χ3n) is 5.17. The van der Waals surface area contributed by atoms with Gasteiger partial charge in [-0.25, -0.2) is 32.4 Å². The molecule has 2 atom stereocenters. The van der Waals surface area contributed by atoms with Gasteiger partial charge in [-0.3, -0.25) is 0 Å². The number of nitrogens with one attached hydrogen (secondary N) is 1. The van der Waals surface area contributed by atoms with Gasteiger partial charge < -0.3 is 4.74 Å². The van der Waals surface area contributed by atoms with Gasteiger partial charge in [-0.2, -0.15) is 5.10 Å². The molecule has 0 spiro atoms. The summed E-state index contributed by atoms with van der Waals surface area (Å²) in [7, 11) is -2.68. The van der Waals surface area contributed by atoms with Crippen molar-refractivity contribution in [3.8, 4) is 0 Å². The Labute approximate surface area is 175 Å². The lowest BCUT2D eigenvalue weighted by molar-refractivity contribution is 0.0281. The van der Waals surface area contributed by atoms with Gasteiger partial charge in [0.2, 0.25) is 16.0 Å². The first kappa shape index (κ1) is 22.0. The number of ether oxygens (including phenoxy) is 1. The summed E-state index contributed by atoms with van der Waals surface area (Å²) in [6.07, 6.45) is 0.273. The highest BCUT2D eigenvalue weighted by atomic mass is 32.2. The van der Waals surface area contributed by atoms with Crippen LogP contribution in [0.4, 0.5) is 9.18 Å². The van der Waals surface area contributed by atoms with E-state index < -0.39 is 38.3 Å². The second-order valence-electron chi connectivity index (χ2n) is 8.28. The molecule has 1 aromatic carbocycles. The van der Waals surface area contributed by atoms with E-state index in [0.29, 0.717) is 19.3 Å². The van der Waals surface area contributed by atoms with Gasteiger partial charge in [0.25, 0.3) is 0 Å². The average Bonchev–Trinajstić information content (AvgIpc) is 3.08. The number of halogens is 1. The second kappa shape index (κ2) is 7.53. The molecular weight excluding hydrogens is 413 g/mol. The van der Waals surface area contributed by atoms with E-state index in [4.69, 9.17) is 4.74 Å². The molecule has 1 aromatic rings. The number of rotatable bonds is 3. The molecule has 0 bridgehead atoms. The third-order valence-corrected chi connectivity index (χ3v) is 7.44. The van der Waals surface area contributed by atoms with Crippen LogP contribution in [0.25, 0.3) is 0 Å². The fourth-order valence-corrected chi connectivity index (χ4v) is 5.94. The Kier molecular flexibility index (Phi) is 5.52. The molecule has 1 aliphatic heterocycles. The molecule has 9 nitrogen and oxygen atoms in total. The molecule has 1 N–H and O–H groups in total. The lowest BCUT2D eigenvalue weighted by atomic mass is 9.88. The van der Waals surface area contributed by atoms with Gasteiger partial charge in [0.15, 0.2) is 0 Å². The molecule has 2 unspecified atom stereocenters. The van der Waals surface area contributed by atoms with Crippen LogP contribution in [0.15, 0.2) is 34.4 Å². The summed E-state index contributed by atoms with van der Waals surface area (Å²) in [5.74, 6) is -0.816. The van der Waals surface area contributed by atoms with Gasteiger partial charge >= 0.3 is 6.09 Å². The topological polar surface area (TPSA) is 104 Å². The van der Waals surface area contributed by atoms with E-state index >= 15 is 0 Å². The van der Waals surface area contributed by atoms with Gasteiger partial charge in [-0.15, -0.1) is 5.01 Å². The minimum absolute atomic E-state index is 0.178. The Morgan fingerprint density at radius 2 is 2.10 bits per heavy atom. The van der Waals surface area contributed by atoms with Crippen molar-refractivity contribution in [2.75, 3.05) is 7.05 Å². The van der Waals surface area contributed by atoms with Crippen molar-refractivity contribution in [3.05, 3.63) is 35.6 Å². The summed E-state index contributed by atoms with van der Waals surface area (Å²) < 4.78 is 47.8. The van der Waals surface area contributed by atoms with Crippen LogP contribution in [-0.4, -0.2) is 54.4 Å². The number of carbonyl (C=O) groups excluding carboxylic acids is 1. The highest BCUT2D eigenvalue weighted by Gasteiger charge is 2.58. The summed E-state index contributed by atoms with van der Waals surface area (Å²) >= 11 is 0. The maximum absolute atomic E-state index is 14.8. The molecular formula is C19H26FN5O4S. The van der Waals surface area contributed by atoms with Crippen molar-refractivity contribution in [2.45, 2.75) is 56.4 Å². The van der Waals surface area contributed by atoms with E-state index in [1.165, 1.54) is 25.2 Å². The number of carbonyl (C=O) groups is 1. The first-order valence-corrected chi connectivity index (χ1v) is 11.0. The van der Waals surface area contributed by atoms with Crippen LogP contribution in [0.1, 0.15) is 45.6 Å². The van der Waals surface area contributed by atoms with Crippen LogP contribution in [0.2, 0.25) is 0 Å². The Hall–Kier alpha value is -2.69. The van der Waals surface area contributed by atoms with Gasteiger partial charge in [0.05, 0.1) is 0 Å². The van der Waals surface area contributed by atoms with Gasteiger partial charge in [-0.1, -0.05) is 18.2 Å². The maximum Gasteiger partial charge on any atom is 0.437 e. The number of fused-ring (bicyclic) bond motifs is 1. The number of nitrogens with zero attached hydrogens (tertiary/aromatic N) is 4. The van der Waals surface area contributed by atoms with Crippen molar-refractivity contribution in [1.82, 2.24) is 14.8 Å². The van der Waals surface area contributed by atoms with Crippen LogP contribution in [0, 0.1) is 5.82 Å². The van der Waals surface area contributed by atoms with Crippen molar-refractivity contribution in [1.29, 1.82) is 0 Å². The Balaban J connectivity index is 2.21. The predicted octanol–water partition coefficient (Wildman–Crippen LogP) is 2.56. The largest absolute Gasteiger partial charge is 0.442 e. The van der Waals surface area contributed by atoms with Crippen LogP contribution in [-0.2, 0) is 20.3 Å². The number of hydrazine groups is 1. The summed E-state index contributed by atoms with van der Waals surface area (Å²) in [6.45, 7) is 8.30. The van der Waals surface area contributed by atoms with E-state index in [-0.39, 0.29) is 11.5 Å². The molecule has 164 valence electrons. The third kappa shape index (κ3) is 3.62. The van der Waals surface area contributed by atoms with Crippen molar-refractivity contribution in [3.63, 3.8) is 0 Å². The molecule has 2 aliphatic rings. The summed E-state index contributed by atoms with van der Waals surface area (Å²) in [6, 6.07) is 5.98. The molecule has 0 saturated heterocycles. The molecule has 1 fully saturated rings. The monoisotopic (exact) mass is 439 g/mol. The lowest BCUT2D eigenvalue weighted by Crippen LogP contribution is -2.61. The number of hydrogen-bond donors (Lipinski definition) is 1. The number of amides is 1. The van der Waals surface area contributed by atoms with E-state index in [0.717, 1.165) is 9.31 Å². The van der Waals surface area contributed by atoms with E-state index in [1.807, 2.05) is 0 Å². The van der Waals surface area contributed by atoms with Crippen molar-refractivity contribution >= 4 is 28.8 Å². The number of hydrazone groups is 1. The first-order valence-electron chi connectivity index (χ1n) is 9.51. The number of guanidine groups is 1. The van der Waals surface area contributed by atoms with Gasteiger partial charge in [0, 0.05) is 19.3 Å². The zero-order valence-electron chi connectivity index (χ0n) is 17.4. The number of aliphatic imine (C=N–C) groups is 1. The first-order chi connectivity index (χ1) is 13.9. The zero-order valence-corrected chi connectivity index (χ0v) is 18.2. The number of hydrogen-bond acceptors (Lipinski definition) is 7. The Morgan fingerprint density at radius 3 is 2.70 bits per heavy atom. The normalized spacial score (nSPS) is 25.2. The minimum atomic E-state index is -3.97. The molecule has 1 heterocycles. The SMILES string of the molecule is C=NNN(C(=O)OC(C)(C)C)C1=NC2(c3ccccc3F)CCCC2S(=O)(=O)N1C.